The van der Waals surface area contributed by atoms with Crippen LogP contribution in [0, 0.1) is 0 Å². The van der Waals surface area contributed by atoms with Gasteiger partial charge in [0.1, 0.15) is 17.9 Å². The molecule has 2 aromatic rings. The average Bonchev–Trinajstić information content (AvgIpc) is 3.27. The van der Waals surface area contributed by atoms with Crippen molar-refractivity contribution in [1.29, 1.82) is 0 Å². The maximum atomic E-state index is 13.0. The predicted octanol–water partition coefficient (Wildman–Crippen LogP) is 4.07. The van der Waals surface area contributed by atoms with Crippen molar-refractivity contribution in [2.75, 3.05) is 6.54 Å². The summed E-state index contributed by atoms with van der Waals surface area (Å²) in [6.07, 6.45) is 6.30. The van der Waals surface area contributed by atoms with E-state index in [2.05, 4.69) is 22.5 Å². The van der Waals surface area contributed by atoms with Crippen molar-refractivity contribution in [2.45, 2.75) is 64.0 Å². The lowest BCUT2D eigenvalue weighted by molar-refractivity contribution is -0.128. The summed E-state index contributed by atoms with van der Waals surface area (Å²) in [5, 5.41) is 8.00. The molecule has 2 N–H and O–H groups in total. The number of hydrogen-bond donors (Lipinski definition) is 2. The molecule has 0 unspecified atom stereocenters. The molecular weight excluding hydrogens is 386 g/mol. The van der Waals surface area contributed by atoms with E-state index in [1.165, 1.54) is 11.3 Å². The van der Waals surface area contributed by atoms with Crippen LogP contribution in [-0.2, 0) is 11.4 Å². The van der Waals surface area contributed by atoms with Crippen molar-refractivity contribution in [3.63, 3.8) is 0 Å². The van der Waals surface area contributed by atoms with Crippen LogP contribution in [0.2, 0.25) is 0 Å². The van der Waals surface area contributed by atoms with Crippen molar-refractivity contribution in [3.05, 3.63) is 46.4 Å². The lowest BCUT2D eigenvalue weighted by Crippen LogP contribution is -2.59. The van der Waals surface area contributed by atoms with Gasteiger partial charge in [0, 0.05) is 17.5 Å². The topological polar surface area (TPSA) is 80.3 Å². The van der Waals surface area contributed by atoms with E-state index < -0.39 is 5.54 Å². The molecule has 1 aliphatic rings. The maximum Gasteiger partial charge on any atom is 0.252 e. The first-order valence-corrected chi connectivity index (χ1v) is 11.3. The van der Waals surface area contributed by atoms with Crippen molar-refractivity contribution in [2.24, 2.45) is 0 Å². The number of unbranched alkanes of at least 4 members (excludes halogenated alkanes) is 1. The van der Waals surface area contributed by atoms with Gasteiger partial charge in [-0.15, -0.1) is 11.3 Å². The lowest BCUT2D eigenvalue weighted by atomic mass is 9.80. The summed E-state index contributed by atoms with van der Waals surface area (Å²) in [4.78, 5) is 30.1. The number of nitrogens with zero attached hydrogens (tertiary/aromatic N) is 1. The summed E-state index contributed by atoms with van der Waals surface area (Å²) in [6.45, 7) is 3.10. The van der Waals surface area contributed by atoms with E-state index in [4.69, 9.17) is 4.74 Å². The molecule has 1 aliphatic carbocycles. The van der Waals surface area contributed by atoms with Crippen LogP contribution >= 0.6 is 11.3 Å². The number of amides is 2. The average molecular weight is 416 g/mol. The highest BCUT2D eigenvalue weighted by Crippen LogP contribution is 2.29. The van der Waals surface area contributed by atoms with E-state index >= 15 is 0 Å². The minimum atomic E-state index is -0.819. The normalized spacial score (nSPS) is 15.5. The smallest absolute Gasteiger partial charge is 0.252 e. The van der Waals surface area contributed by atoms with Crippen LogP contribution in [0.15, 0.2) is 35.2 Å². The Morgan fingerprint density at radius 3 is 2.79 bits per heavy atom. The lowest BCUT2D eigenvalue weighted by Gasteiger charge is -2.36. The van der Waals surface area contributed by atoms with Gasteiger partial charge in [-0.3, -0.25) is 9.59 Å². The molecule has 0 aliphatic heterocycles. The number of rotatable bonds is 9. The molecule has 156 valence electrons. The summed E-state index contributed by atoms with van der Waals surface area (Å²) in [7, 11) is 0. The SMILES string of the molecule is CCCCNC(=O)C1(NC(=O)c2cccc(OCc3cscn3)c2)CCCCC1. The zero-order valence-corrected chi connectivity index (χ0v) is 17.7. The van der Waals surface area contributed by atoms with Crippen molar-refractivity contribution >= 4 is 23.2 Å². The number of nitrogens with one attached hydrogen (secondary N) is 2. The zero-order chi connectivity index (χ0) is 20.5. The minimum Gasteiger partial charge on any atom is -0.487 e. The highest BCUT2D eigenvalue weighted by Gasteiger charge is 2.40. The molecule has 1 aromatic carbocycles. The number of ether oxygens (including phenoxy) is 1. The van der Waals surface area contributed by atoms with E-state index in [0.29, 0.717) is 37.3 Å². The van der Waals surface area contributed by atoms with Gasteiger partial charge in [-0.25, -0.2) is 4.98 Å². The van der Waals surface area contributed by atoms with Crippen molar-refractivity contribution in [1.82, 2.24) is 15.6 Å². The van der Waals surface area contributed by atoms with Gasteiger partial charge in [0.15, 0.2) is 0 Å². The zero-order valence-electron chi connectivity index (χ0n) is 16.9. The Kier molecular flexibility index (Phi) is 7.63. The van der Waals surface area contributed by atoms with Gasteiger partial charge in [0.2, 0.25) is 5.91 Å². The predicted molar refractivity (Wildman–Crippen MR) is 114 cm³/mol. The molecule has 1 heterocycles. The molecule has 7 heteroatoms. The molecule has 0 spiro atoms. The van der Waals surface area contributed by atoms with E-state index in [0.717, 1.165) is 37.8 Å². The second-order valence-electron chi connectivity index (χ2n) is 7.50. The fourth-order valence-corrected chi connectivity index (χ4v) is 4.14. The van der Waals surface area contributed by atoms with E-state index in [1.54, 1.807) is 23.7 Å². The van der Waals surface area contributed by atoms with Gasteiger partial charge in [-0.2, -0.15) is 0 Å². The number of carbonyl (C=O) groups is 2. The number of aromatic nitrogens is 1. The molecule has 2 amide bonds. The Hall–Kier alpha value is -2.41. The Morgan fingerprint density at radius 1 is 1.24 bits per heavy atom. The molecule has 3 rings (SSSR count). The third-order valence-corrected chi connectivity index (χ3v) is 5.91. The molecule has 0 bridgehead atoms. The van der Waals surface area contributed by atoms with Crippen LogP contribution in [0.1, 0.15) is 67.9 Å². The first kappa shape index (κ1) is 21.3. The summed E-state index contributed by atoms with van der Waals surface area (Å²) in [6, 6.07) is 7.07. The summed E-state index contributed by atoms with van der Waals surface area (Å²) < 4.78 is 5.75. The van der Waals surface area contributed by atoms with E-state index in [1.807, 2.05) is 11.4 Å². The van der Waals surface area contributed by atoms with Gasteiger partial charge in [-0.1, -0.05) is 38.7 Å². The number of hydrogen-bond acceptors (Lipinski definition) is 5. The van der Waals surface area contributed by atoms with Crippen LogP contribution in [0.25, 0.3) is 0 Å². The molecule has 0 radical (unpaired) electrons. The summed E-state index contributed by atoms with van der Waals surface area (Å²) in [5.41, 5.74) is 2.29. The first-order chi connectivity index (χ1) is 14.1. The van der Waals surface area contributed by atoms with Crippen LogP contribution in [-0.4, -0.2) is 28.9 Å². The molecule has 1 fully saturated rings. The number of benzene rings is 1. The fourth-order valence-electron chi connectivity index (χ4n) is 3.59. The fraction of sp³-hybridized carbons (Fsp3) is 0.500. The molecule has 0 saturated heterocycles. The maximum absolute atomic E-state index is 13.0. The van der Waals surface area contributed by atoms with Crippen molar-refractivity contribution in [3.8, 4) is 5.75 Å². The van der Waals surface area contributed by atoms with Gasteiger partial charge in [0.25, 0.3) is 5.91 Å². The largest absolute Gasteiger partial charge is 0.487 e. The van der Waals surface area contributed by atoms with Crippen LogP contribution in [0.3, 0.4) is 0 Å². The minimum absolute atomic E-state index is 0.0602. The highest BCUT2D eigenvalue weighted by atomic mass is 32.1. The number of thiazole rings is 1. The van der Waals surface area contributed by atoms with Crippen molar-refractivity contribution < 1.29 is 14.3 Å². The van der Waals surface area contributed by atoms with Gasteiger partial charge in [-0.05, 0) is 37.5 Å². The molecular formula is C22H29N3O3S. The molecule has 1 aromatic heterocycles. The summed E-state index contributed by atoms with van der Waals surface area (Å²) >= 11 is 1.52. The standard InChI is InChI=1S/C22H29N3O3S/c1-2-3-12-23-21(27)22(10-5-4-6-11-22)25-20(26)17-8-7-9-19(13-17)28-14-18-15-29-16-24-18/h7-9,13,15-16H,2-6,10-12,14H2,1H3,(H,23,27)(H,25,26). The van der Waals surface area contributed by atoms with Crippen LogP contribution in [0.4, 0.5) is 0 Å². The quantitative estimate of drug-likeness (QED) is 0.605. The van der Waals surface area contributed by atoms with E-state index in [-0.39, 0.29) is 11.8 Å². The molecule has 6 nitrogen and oxygen atoms in total. The van der Waals surface area contributed by atoms with Crippen LogP contribution < -0.4 is 15.4 Å². The van der Waals surface area contributed by atoms with Gasteiger partial charge >= 0.3 is 0 Å². The third-order valence-electron chi connectivity index (χ3n) is 5.28. The van der Waals surface area contributed by atoms with Gasteiger partial charge < -0.3 is 15.4 Å². The second kappa shape index (κ2) is 10.4. The van der Waals surface area contributed by atoms with Gasteiger partial charge in [0.05, 0.1) is 11.2 Å². The summed E-state index contributed by atoms with van der Waals surface area (Å²) in [5.74, 6) is 0.308. The second-order valence-corrected chi connectivity index (χ2v) is 8.22. The van der Waals surface area contributed by atoms with Crippen LogP contribution in [0.5, 0.6) is 5.75 Å². The Labute approximate surface area is 176 Å². The number of carbonyl (C=O) groups excluding carboxylic acids is 2. The Bertz CT molecular complexity index is 801. The third kappa shape index (κ3) is 5.79. The molecule has 1 saturated carbocycles. The first-order valence-electron chi connectivity index (χ1n) is 10.3. The monoisotopic (exact) mass is 415 g/mol. The van der Waals surface area contributed by atoms with E-state index in [9.17, 15) is 9.59 Å². The highest BCUT2D eigenvalue weighted by molar-refractivity contribution is 7.07. The molecule has 29 heavy (non-hydrogen) atoms. The Balaban J connectivity index is 1.67. The molecule has 0 atom stereocenters. The Morgan fingerprint density at radius 2 is 2.07 bits per heavy atom.